The van der Waals surface area contributed by atoms with Crippen LogP contribution in [0.25, 0.3) is 0 Å². The van der Waals surface area contributed by atoms with E-state index in [4.69, 9.17) is 9.47 Å². The van der Waals surface area contributed by atoms with Gasteiger partial charge in [0.25, 0.3) is 0 Å². The van der Waals surface area contributed by atoms with Crippen LogP contribution in [0.15, 0.2) is 47.7 Å². The number of hydrogen-bond donors (Lipinski definition) is 0. The fraction of sp³-hybridized carbons (Fsp3) is 0.476. The van der Waals surface area contributed by atoms with E-state index in [-0.39, 0.29) is 6.10 Å². The topological polar surface area (TPSA) is 42.0 Å². The molecule has 0 spiro atoms. The molecule has 2 aliphatic rings. The van der Waals surface area contributed by atoms with E-state index in [0.717, 1.165) is 55.9 Å². The minimum absolute atomic E-state index is 0.184. The van der Waals surface area contributed by atoms with Crippen molar-refractivity contribution in [2.24, 2.45) is 0 Å². The molecule has 26 heavy (non-hydrogen) atoms. The van der Waals surface area contributed by atoms with Crippen molar-refractivity contribution < 1.29 is 14.3 Å². The van der Waals surface area contributed by atoms with Gasteiger partial charge in [0, 0.05) is 46.3 Å². The third-order valence-electron chi connectivity index (χ3n) is 5.07. The van der Waals surface area contributed by atoms with Crippen molar-refractivity contribution in [3.8, 4) is 0 Å². The molecule has 1 fully saturated rings. The van der Waals surface area contributed by atoms with E-state index < -0.39 is 0 Å². The van der Waals surface area contributed by atoms with Gasteiger partial charge in [0.15, 0.2) is 0 Å². The summed E-state index contributed by atoms with van der Waals surface area (Å²) in [6.07, 6.45) is 4.89. The third kappa shape index (κ3) is 5.04. The van der Waals surface area contributed by atoms with Gasteiger partial charge in [-0.3, -0.25) is 9.69 Å². The Bertz CT molecular complexity index is 658. The Morgan fingerprint density at radius 2 is 1.77 bits per heavy atom. The molecular weight excluding hydrogens is 328 g/mol. The molecule has 5 heteroatoms. The van der Waals surface area contributed by atoms with Crippen molar-refractivity contribution in [1.82, 2.24) is 9.80 Å². The number of methoxy groups -OCH3 is 1. The molecule has 0 amide bonds. The summed E-state index contributed by atoms with van der Waals surface area (Å²) in [6.45, 7) is 6.05. The number of hydrogen-bond acceptors (Lipinski definition) is 5. The van der Waals surface area contributed by atoms with Crippen LogP contribution in [-0.2, 0) is 27.4 Å². The van der Waals surface area contributed by atoms with Crippen LogP contribution in [0.4, 0.5) is 0 Å². The average Bonchev–Trinajstić information content (AvgIpc) is 2.69. The van der Waals surface area contributed by atoms with E-state index in [2.05, 4.69) is 41.1 Å². The van der Waals surface area contributed by atoms with Gasteiger partial charge in [-0.05, 0) is 29.8 Å². The van der Waals surface area contributed by atoms with Crippen LogP contribution in [0.5, 0.6) is 0 Å². The Balaban J connectivity index is 1.52. The van der Waals surface area contributed by atoms with Gasteiger partial charge < -0.3 is 14.4 Å². The minimum atomic E-state index is -0.184. The highest BCUT2D eigenvalue weighted by atomic mass is 16.5. The lowest BCUT2D eigenvalue weighted by atomic mass is 10.0. The van der Waals surface area contributed by atoms with Crippen LogP contribution in [0.1, 0.15) is 17.5 Å². The van der Waals surface area contributed by atoms with Crippen LogP contribution < -0.4 is 0 Å². The maximum Gasteiger partial charge on any atom is 0.146 e. The van der Waals surface area contributed by atoms with E-state index in [9.17, 15) is 4.79 Å². The number of piperazine rings is 1. The molecule has 1 aromatic carbocycles. The molecule has 1 aromatic rings. The fourth-order valence-electron chi connectivity index (χ4n) is 3.28. The smallest absolute Gasteiger partial charge is 0.146 e. The first-order valence-electron chi connectivity index (χ1n) is 9.18. The minimum Gasteiger partial charge on any atom is -0.490 e. The molecule has 1 saturated heterocycles. The molecule has 0 bridgehead atoms. The molecule has 1 aliphatic carbocycles. The number of rotatable bonds is 7. The second kappa shape index (κ2) is 9.12. The zero-order valence-corrected chi connectivity index (χ0v) is 15.7. The summed E-state index contributed by atoms with van der Waals surface area (Å²) >= 11 is 0. The second-order valence-electron chi connectivity index (χ2n) is 7.04. The number of carbonyl (C=O) groups is 1. The van der Waals surface area contributed by atoms with E-state index in [1.807, 2.05) is 6.08 Å². The lowest BCUT2D eigenvalue weighted by Crippen LogP contribution is -2.43. The molecule has 140 valence electrons. The summed E-state index contributed by atoms with van der Waals surface area (Å²) in [5.74, 6) is 0.777. The highest BCUT2D eigenvalue weighted by Crippen LogP contribution is 2.22. The summed E-state index contributed by atoms with van der Waals surface area (Å²) in [7, 11) is 3.82. The lowest BCUT2D eigenvalue weighted by molar-refractivity contribution is -0.105. The molecule has 3 rings (SSSR count). The quantitative estimate of drug-likeness (QED) is 0.702. The molecule has 0 radical (unpaired) electrons. The summed E-state index contributed by atoms with van der Waals surface area (Å²) in [6, 6.07) is 8.63. The number of allylic oxidation sites excluding steroid dienone is 2. The van der Waals surface area contributed by atoms with E-state index >= 15 is 0 Å². The molecule has 1 aliphatic heterocycles. The summed E-state index contributed by atoms with van der Waals surface area (Å²) in [4.78, 5) is 15.8. The van der Waals surface area contributed by atoms with Crippen molar-refractivity contribution in [3.05, 3.63) is 58.9 Å². The van der Waals surface area contributed by atoms with Crippen molar-refractivity contribution in [1.29, 1.82) is 0 Å². The van der Waals surface area contributed by atoms with Gasteiger partial charge in [-0.25, -0.2) is 0 Å². The second-order valence-corrected chi connectivity index (χ2v) is 7.04. The van der Waals surface area contributed by atoms with Gasteiger partial charge in [-0.2, -0.15) is 0 Å². The van der Waals surface area contributed by atoms with Gasteiger partial charge in [0.2, 0.25) is 0 Å². The van der Waals surface area contributed by atoms with Gasteiger partial charge in [-0.1, -0.05) is 30.3 Å². The van der Waals surface area contributed by atoms with Crippen LogP contribution in [-0.4, -0.2) is 62.5 Å². The number of nitrogens with zero attached hydrogens (tertiary/aromatic N) is 2. The Morgan fingerprint density at radius 3 is 2.42 bits per heavy atom. The molecule has 5 nitrogen and oxygen atoms in total. The summed E-state index contributed by atoms with van der Waals surface area (Å²) < 4.78 is 11.4. The van der Waals surface area contributed by atoms with Gasteiger partial charge in [0.1, 0.15) is 24.8 Å². The molecule has 1 unspecified atom stereocenters. The van der Waals surface area contributed by atoms with E-state index in [1.54, 1.807) is 13.2 Å². The normalized spacial score (nSPS) is 21.8. The average molecular weight is 356 g/mol. The predicted octanol–water partition coefficient (Wildman–Crippen LogP) is 2.38. The number of likely N-dealkylation sites (N-methyl/N-ethyl adjacent to an activating group) is 1. The van der Waals surface area contributed by atoms with Crippen LogP contribution >= 0.6 is 0 Å². The monoisotopic (exact) mass is 356 g/mol. The first-order chi connectivity index (χ1) is 12.7. The number of ether oxygens (including phenoxy) is 2. The number of benzene rings is 1. The standard InChI is InChI=1S/C21H28N2O3/c1-22-9-11-23(12-10-22)14-17-3-5-18(6-4-17)16-26-20-8-7-19(15-24)13-21(20)25-2/h3-8,15,21H,9-14,16H2,1-2H3. The van der Waals surface area contributed by atoms with Crippen molar-refractivity contribution in [3.63, 3.8) is 0 Å². The van der Waals surface area contributed by atoms with E-state index in [0.29, 0.717) is 13.0 Å². The molecule has 1 heterocycles. The molecular formula is C21H28N2O3. The maximum absolute atomic E-state index is 10.9. The number of carbonyl (C=O) groups excluding carboxylic acids is 1. The number of aldehydes is 1. The SMILES string of the molecule is COC1CC(C=O)=CC=C1OCc1ccc(CN2CCN(C)CC2)cc1. The Morgan fingerprint density at radius 1 is 1.08 bits per heavy atom. The Hall–Kier alpha value is -1.95. The highest BCUT2D eigenvalue weighted by Gasteiger charge is 2.20. The summed E-state index contributed by atoms with van der Waals surface area (Å²) in [5.41, 5.74) is 3.20. The lowest BCUT2D eigenvalue weighted by Gasteiger charge is -2.32. The van der Waals surface area contributed by atoms with Crippen LogP contribution in [0.2, 0.25) is 0 Å². The fourth-order valence-corrected chi connectivity index (χ4v) is 3.28. The van der Waals surface area contributed by atoms with Crippen molar-refractivity contribution >= 4 is 6.29 Å². The van der Waals surface area contributed by atoms with Crippen LogP contribution in [0.3, 0.4) is 0 Å². The molecule has 0 saturated carbocycles. The van der Waals surface area contributed by atoms with Gasteiger partial charge >= 0.3 is 0 Å². The zero-order valence-electron chi connectivity index (χ0n) is 15.7. The summed E-state index contributed by atoms with van der Waals surface area (Å²) in [5, 5.41) is 0. The molecule has 0 N–H and O–H groups in total. The third-order valence-corrected chi connectivity index (χ3v) is 5.07. The molecule has 1 atom stereocenters. The van der Waals surface area contributed by atoms with Gasteiger partial charge in [0.05, 0.1) is 0 Å². The molecule has 0 aromatic heterocycles. The highest BCUT2D eigenvalue weighted by molar-refractivity contribution is 5.74. The van der Waals surface area contributed by atoms with Crippen molar-refractivity contribution in [2.75, 3.05) is 40.3 Å². The van der Waals surface area contributed by atoms with Crippen molar-refractivity contribution in [2.45, 2.75) is 25.7 Å². The predicted molar refractivity (Wildman–Crippen MR) is 102 cm³/mol. The first kappa shape index (κ1) is 18.8. The Kier molecular flexibility index (Phi) is 6.61. The maximum atomic E-state index is 10.9. The zero-order chi connectivity index (χ0) is 18.4. The largest absolute Gasteiger partial charge is 0.490 e. The Labute approximate surface area is 155 Å². The first-order valence-corrected chi connectivity index (χ1v) is 9.18. The van der Waals surface area contributed by atoms with Gasteiger partial charge in [-0.15, -0.1) is 0 Å². The van der Waals surface area contributed by atoms with Crippen LogP contribution in [0, 0.1) is 0 Å². The van der Waals surface area contributed by atoms with E-state index in [1.165, 1.54) is 5.56 Å².